The molecule has 0 amide bonds. The quantitative estimate of drug-likeness (QED) is 0.630. The molecule has 0 radical (unpaired) electrons. The van der Waals surface area contributed by atoms with E-state index >= 15 is 0 Å². The first kappa shape index (κ1) is 16.8. The van der Waals surface area contributed by atoms with E-state index in [2.05, 4.69) is 73.2 Å². The van der Waals surface area contributed by atoms with Gasteiger partial charge in [-0.25, -0.2) is 0 Å². The van der Waals surface area contributed by atoms with Crippen LogP contribution in [0.3, 0.4) is 0 Å². The number of nitrogens with zero attached hydrogens (tertiary/aromatic N) is 4. The summed E-state index contributed by atoms with van der Waals surface area (Å²) in [5.41, 5.74) is 1.40. The van der Waals surface area contributed by atoms with Crippen LogP contribution in [0.4, 0.5) is 0 Å². The lowest BCUT2D eigenvalue weighted by atomic mass is 10.0. The molecule has 4 heteroatoms. The molecule has 1 aromatic carbocycles. The largest absolute Gasteiger partial charge is 0.349 e. The van der Waals surface area contributed by atoms with Crippen LogP contribution in [-0.2, 0) is 6.54 Å². The number of guanidine groups is 1. The molecular formula is C18H30N4. The molecule has 1 unspecified atom stereocenters. The van der Waals surface area contributed by atoms with E-state index in [0.717, 1.165) is 19.0 Å². The van der Waals surface area contributed by atoms with E-state index < -0.39 is 0 Å². The van der Waals surface area contributed by atoms with Crippen molar-refractivity contribution in [3.8, 4) is 0 Å². The summed E-state index contributed by atoms with van der Waals surface area (Å²) in [7, 11) is 8.23. The molecule has 2 rings (SSSR count). The first-order valence-corrected chi connectivity index (χ1v) is 8.25. The Morgan fingerprint density at radius 3 is 2.41 bits per heavy atom. The number of hydrogen-bond donors (Lipinski definition) is 0. The molecule has 22 heavy (non-hydrogen) atoms. The maximum atomic E-state index is 4.87. The Kier molecular flexibility index (Phi) is 6.25. The molecule has 1 aromatic rings. The van der Waals surface area contributed by atoms with Gasteiger partial charge in [0.05, 0.1) is 6.54 Å². The van der Waals surface area contributed by atoms with Gasteiger partial charge < -0.3 is 9.80 Å². The molecule has 122 valence electrons. The molecule has 0 N–H and O–H groups in total. The van der Waals surface area contributed by atoms with Gasteiger partial charge in [0, 0.05) is 40.8 Å². The Labute approximate surface area is 135 Å². The monoisotopic (exact) mass is 302 g/mol. The van der Waals surface area contributed by atoms with Crippen LogP contribution in [0.5, 0.6) is 0 Å². The molecule has 0 aromatic heterocycles. The third-order valence-corrected chi connectivity index (χ3v) is 4.22. The molecule has 0 spiro atoms. The van der Waals surface area contributed by atoms with Crippen LogP contribution < -0.4 is 0 Å². The topological polar surface area (TPSA) is 22.1 Å². The van der Waals surface area contributed by atoms with Gasteiger partial charge in [-0.1, -0.05) is 36.8 Å². The molecule has 1 saturated heterocycles. The van der Waals surface area contributed by atoms with Crippen LogP contribution in [0, 0.1) is 0 Å². The summed E-state index contributed by atoms with van der Waals surface area (Å²) in [5, 5.41) is 0. The van der Waals surface area contributed by atoms with E-state index in [9.17, 15) is 0 Å². The standard InChI is InChI=1S/C18H30N4/c1-20(2)18(21(3)4)19-14-17-12-8-9-13-22(17)15-16-10-6-5-7-11-16/h5-7,10-11,17H,8-9,12-15H2,1-4H3. The van der Waals surface area contributed by atoms with Crippen LogP contribution in [0.25, 0.3) is 0 Å². The molecule has 0 saturated carbocycles. The first-order chi connectivity index (χ1) is 10.6. The smallest absolute Gasteiger partial charge is 0.195 e. The lowest BCUT2D eigenvalue weighted by Gasteiger charge is -2.35. The number of benzene rings is 1. The normalized spacial score (nSPS) is 18.8. The predicted octanol–water partition coefficient (Wildman–Crippen LogP) is 2.52. The van der Waals surface area contributed by atoms with Crippen molar-refractivity contribution in [3.63, 3.8) is 0 Å². The minimum absolute atomic E-state index is 0.559. The molecule has 1 aliphatic rings. The Bertz CT molecular complexity index is 457. The van der Waals surface area contributed by atoms with E-state index in [-0.39, 0.29) is 0 Å². The van der Waals surface area contributed by atoms with Gasteiger partial charge in [0.15, 0.2) is 5.96 Å². The highest BCUT2D eigenvalue weighted by Gasteiger charge is 2.22. The molecule has 1 aliphatic heterocycles. The van der Waals surface area contributed by atoms with E-state index in [1.807, 2.05) is 0 Å². The van der Waals surface area contributed by atoms with Crippen molar-refractivity contribution in [2.24, 2.45) is 4.99 Å². The lowest BCUT2D eigenvalue weighted by Crippen LogP contribution is -2.42. The van der Waals surface area contributed by atoms with Crippen LogP contribution >= 0.6 is 0 Å². The van der Waals surface area contributed by atoms with Crippen molar-refractivity contribution in [3.05, 3.63) is 35.9 Å². The number of likely N-dealkylation sites (tertiary alicyclic amines) is 1. The average Bonchev–Trinajstić information content (AvgIpc) is 2.49. The highest BCUT2D eigenvalue weighted by molar-refractivity contribution is 5.79. The van der Waals surface area contributed by atoms with Crippen molar-refractivity contribution >= 4 is 5.96 Å². The van der Waals surface area contributed by atoms with Crippen LogP contribution in [-0.4, -0.2) is 68.0 Å². The SMILES string of the molecule is CN(C)C(=NCC1CCCCN1Cc1ccccc1)N(C)C. The van der Waals surface area contributed by atoms with Gasteiger partial charge in [-0.2, -0.15) is 0 Å². The summed E-state index contributed by atoms with van der Waals surface area (Å²) in [4.78, 5) is 11.6. The number of aliphatic imine (C=N–C) groups is 1. The molecule has 1 fully saturated rings. The second-order valence-electron chi connectivity index (χ2n) is 6.54. The molecule has 1 heterocycles. The van der Waals surface area contributed by atoms with Gasteiger partial charge in [0.2, 0.25) is 0 Å². The van der Waals surface area contributed by atoms with Crippen LogP contribution in [0.15, 0.2) is 35.3 Å². The number of piperidine rings is 1. The Morgan fingerprint density at radius 2 is 1.77 bits per heavy atom. The fraction of sp³-hybridized carbons (Fsp3) is 0.611. The van der Waals surface area contributed by atoms with Crippen molar-refractivity contribution in [2.75, 3.05) is 41.3 Å². The van der Waals surface area contributed by atoms with Gasteiger partial charge in [-0.3, -0.25) is 9.89 Å². The Morgan fingerprint density at radius 1 is 1.09 bits per heavy atom. The first-order valence-electron chi connectivity index (χ1n) is 8.25. The molecule has 0 aliphatic carbocycles. The van der Waals surface area contributed by atoms with Crippen LogP contribution in [0.1, 0.15) is 24.8 Å². The van der Waals surface area contributed by atoms with E-state index in [0.29, 0.717) is 6.04 Å². The maximum Gasteiger partial charge on any atom is 0.195 e. The fourth-order valence-corrected chi connectivity index (χ4v) is 3.16. The third-order valence-electron chi connectivity index (χ3n) is 4.22. The summed E-state index contributed by atoms with van der Waals surface area (Å²) in [6.45, 7) is 3.12. The maximum absolute atomic E-state index is 4.87. The van der Waals surface area contributed by atoms with E-state index in [1.54, 1.807) is 0 Å². The predicted molar refractivity (Wildman–Crippen MR) is 94.2 cm³/mol. The Balaban J connectivity index is 2.02. The molecular weight excluding hydrogens is 272 g/mol. The number of rotatable bonds is 4. The molecule has 4 nitrogen and oxygen atoms in total. The summed E-state index contributed by atoms with van der Waals surface area (Å²) in [6.07, 6.45) is 3.89. The van der Waals surface area contributed by atoms with Crippen molar-refractivity contribution < 1.29 is 0 Å². The third kappa shape index (κ3) is 4.73. The fourth-order valence-electron chi connectivity index (χ4n) is 3.16. The summed E-state index contributed by atoms with van der Waals surface area (Å²) >= 11 is 0. The highest BCUT2D eigenvalue weighted by atomic mass is 15.3. The highest BCUT2D eigenvalue weighted by Crippen LogP contribution is 2.20. The van der Waals surface area contributed by atoms with Crippen LogP contribution in [0.2, 0.25) is 0 Å². The Hall–Kier alpha value is -1.55. The molecule has 0 bridgehead atoms. The zero-order valence-electron chi connectivity index (χ0n) is 14.5. The minimum Gasteiger partial charge on any atom is -0.349 e. The lowest BCUT2D eigenvalue weighted by molar-refractivity contribution is 0.144. The summed E-state index contributed by atoms with van der Waals surface area (Å²) in [5.74, 6) is 1.05. The zero-order chi connectivity index (χ0) is 15.9. The second-order valence-corrected chi connectivity index (χ2v) is 6.54. The number of hydrogen-bond acceptors (Lipinski definition) is 2. The van der Waals surface area contributed by atoms with Gasteiger partial charge in [0.25, 0.3) is 0 Å². The van der Waals surface area contributed by atoms with Gasteiger partial charge in [-0.05, 0) is 24.9 Å². The van der Waals surface area contributed by atoms with Gasteiger partial charge in [-0.15, -0.1) is 0 Å². The van der Waals surface area contributed by atoms with Crippen molar-refractivity contribution in [2.45, 2.75) is 31.8 Å². The van der Waals surface area contributed by atoms with Gasteiger partial charge >= 0.3 is 0 Å². The van der Waals surface area contributed by atoms with E-state index in [1.165, 1.54) is 31.4 Å². The minimum atomic E-state index is 0.559. The average molecular weight is 302 g/mol. The van der Waals surface area contributed by atoms with Gasteiger partial charge in [0.1, 0.15) is 0 Å². The van der Waals surface area contributed by atoms with Crippen molar-refractivity contribution in [1.29, 1.82) is 0 Å². The van der Waals surface area contributed by atoms with Crippen molar-refractivity contribution in [1.82, 2.24) is 14.7 Å². The zero-order valence-corrected chi connectivity index (χ0v) is 14.5. The molecule has 1 atom stereocenters. The summed E-state index contributed by atoms with van der Waals surface area (Å²) in [6, 6.07) is 11.3. The van der Waals surface area contributed by atoms with E-state index in [4.69, 9.17) is 4.99 Å². The second kappa shape index (κ2) is 8.18. The summed E-state index contributed by atoms with van der Waals surface area (Å²) < 4.78 is 0.